The van der Waals surface area contributed by atoms with E-state index >= 15 is 0 Å². The number of benzene rings is 4. The van der Waals surface area contributed by atoms with Gasteiger partial charge in [0.25, 0.3) is 0 Å². The van der Waals surface area contributed by atoms with Crippen molar-refractivity contribution in [2.75, 3.05) is 39.9 Å². The Morgan fingerprint density at radius 2 is 1.54 bits per heavy atom. The van der Waals surface area contributed by atoms with E-state index in [1.165, 1.54) is 4.90 Å². The molecule has 1 aliphatic heterocycles. The van der Waals surface area contributed by atoms with Crippen molar-refractivity contribution in [2.24, 2.45) is 29.0 Å². The number of fused-ring (bicyclic) bond motifs is 5. The average Bonchev–Trinajstić information content (AvgIpc) is 3.28. The monoisotopic (exact) mass is 876 g/mol. The number of halogens is 1. The topological polar surface area (TPSA) is 221 Å². The molecule has 1 aliphatic rings. The molecule has 0 saturated heterocycles. The number of Topliss-reactive ketones (excluding diaryl/α,β-unsaturated/α-hetero) is 3. The number of amides is 2. The highest BCUT2D eigenvalue weighted by Gasteiger charge is 2.36. The van der Waals surface area contributed by atoms with Gasteiger partial charge >= 0.3 is 0 Å². The highest BCUT2D eigenvalue weighted by Crippen LogP contribution is 2.41. The zero-order chi connectivity index (χ0) is 45.5. The third kappa shape index (κ3) is 12.8. The summed E-state index contributed by atoms with van der Waals surface area (Å²) in [5, 5.41) is 12.7. The van der Waals surface area contributed by atoms with Crippen LogP contribution in [0.4, 0.5) is 0 Å². The maximum Gasteiger partial charge on any atom is 0.226 e. The second-order valence-corrected chi connectivity index (χ2v) is 16.3. The van der Waals surface area contributed by atoms with Crippen LogP contribution in [0.15, 0.2) is 84.9 Å². The Balaban J connectivity index is 1.60. The van der Waals surface area contributed by atoms with Crippen molar-refractivity contribution in [1.82, 2.24) is 10.2 Å². The van der Waals surface area contributed by atoms with Gasteiger partial charge in [-0.1, -0.05) is 67.4 Å². The lowest BCUT2D eigenvalue weighted by atomic mass is 9.87. The van der Waals surface area contributed by atoms with Gasteiger partial charge in [-0.15, -0.1) is 0 Å². The summed E-state index contributed by atoms with van der Waals surface area (Å²) in [6.45, 7) is 2.80. The largest absolute Gasteiger partial charge is 0.492 e. The predicted octanol–water partition coefficient (Wildman–Crippen LogP) is 6.38. The summed E-state index contributed by atoms with van der Waals surface area (Å²) in [5.74, 6) is -2.78. The number of likely N-dealkylation sites (N-methyl/N-ethyl adjacent to an activating group) is 1. The maximum atomic E-state index is 14.9. The summed E-state index contributed by atoms with van der Waals surface area (Å²) in [7, 11) is 1.54. The Morgan fingerprint density at radius 3 is 2.21 bits per heavy atom. The lowest BCUT2D eigenvalue weighted by Gasteiger charge is -2.32. The fourth-order valence-corrected chi connectivity index (χ4v) is 7.96. The van der Waals surface area contributed by atoms with Gasteiger partial charge in [-0.05, 0) is 90.5 Å². The molecule has 13 nitrogen and oxygen atoms in total. The number of nitrogens with one attached hydrogen (secondary N) is 1. The van der Waals surface area contributed by atoms with E-state index in [0.717, 1.165) is 11.1 Å². The van der Waals surface area contributed by atoms with Gasteiger partial charge in [-0.3, -0.25) is 24.0 Å². The van der Waals surface area contributed by atoms with Crippen LogP contribution in [-0.2, 0) is 25.6 Å². The number of unbranched alkanes of at least 4 members (excludes halogenated alkanes) is 1. The minimum Gasteiger partial charge on any atom is -0.492 e. The van der Waals surface area contributed by atoms with Gasteiger partial charge in [0, 0.05) is 79.4 Å². The summed E-state index contributed by atoms with van der Waals surface area (Å²) in [4.78, 5) is 72.4. The fourth-order valence-electron chi connectivity index (χ4n) is 7.83. The van der Waals surface area contributed by atoms with Gasteiger partial charge < -0.3 is 36.9 Å². The first-order chi connectivity index (χ1) is 30.4. The first-order valence-electron chi connectivity index (χ1n) is 21.4. The van der Waals surface area contributed by atoms with Gasteiger partial charge in [0.05, 0.1) is 12.1 Å². The first kappa shape index (κ1) is 48.1. The van der Waals surface area contributed by atoms with E-state index in [0.29, 0.717) is 70.1 Å². The molecule has 0 fully saturated rings. The van der Waals surface area contributed by atoms with Crippen LogP contribution in [0, 0.1) is 23.2 Å². The van der Waals surface area contributed by atoms with E-state index < -0.39 is 41.5 Å². The van der Waals surface area contributed by atoms with Crippen LogP contribution in [0.5, 0.6) is 11.5 Å². The van der Waals surface area contributed by atoms with E-state index in [4.69, 9.17) is 38.3 Å². The predicted molar refractivity (Wildman–Crippen MR) is 243 cm³/mol. The van der Waals surface area contributed by atoms with Crippen molar-refractivity contribution < 1.29 is 33.4 Å². The molecule has 0 saturated carbocycles. The summed E-state index contributed by atoms with van der Waals surface area (Å²) < 4.78 is 12.3. The molecule has 332 valence electrons. The Morgan fingerprint density at radius 1 is 0.857 bits per heavy atom. The Bertz CT molecular complexity index is 2290. The molecule has 5 rings (SSSR count). The zero-order valence-electron chi connectivity index (χ0n) is 35.9. The van der Waals surface area contributed by atoms with Crippen molar-refractivity contribution in [3.05, 3.63) is 107 Å². The molecular formula is C49H57ClN6O7. The molecule has 4 atom stereocenters. The number of nitrogens with zero attached hydrogens (tertiary/aromatic N) is 2. The standard InChI is InChI=1S/C49H57ClN6O7/c1-31-25-44(59)47(56(2)49(61)37(7-3-4-19-51)30-43(58)35-9-5-8-34(28-35)33-12-15-38(50)16-13-33)36-14-18-46(63-24-22-54)40(29-36)39-26-32(11-17-45(39)62-23-21-53)27-41(55-48(31)60)42(57)10-6-20-52/h5,8-9,11-18,26,28-29,31,37,41,47H,3-4,6-7,10,19,21-25,27,30,51,53-54H2,1-2H3,(H,55,60)/t31-,37-,41+,47+/m1/s1. The molecule has 4 bridgehead atoms. The van der Waals surface area contributed by atoms with Crippen LogP contribution in [0.1, 0.15) is 79.4 Å². The minimum absolute atomic E-state index is 0.0261. The quantitative estimate of drug-likeness (QED) is 0.0598. The average molecular weight is 877 g/mol. The second-order valence-electron chi connectivity index (χ2n) is 15.9. The van der Waals surface area contributed by atoms with E-state index in [1.54, 1.807) is 74.6 Å². The molecule has 2 amide bonds. The smallest absolute Gasteiger partial charge is 0.226 e. The van der Waals surface area contributed by atoms with Crippen molar-refractivity contribution in [2.45, 2.75) is 70.4 Å². The van der Waals surface area contributed by atoms with Crippen molar-refractivity contribution in [3.8, 4) is 39.8 Å². The van der Waals surface area contributed by atoms with E-state index in [9.17, 15) is 29.2 Å². The number of hydrogen-bond acceptors (Lipinski definition) is 11. The van der Waals surface area contributed by atoms with Gasteiger partial charge in [0.15, 0.2) is 17.3 Å². The molecule has 1 heterocycles. The number of ether oxygens (including phenoxy) is 2. The highest BCUT2D eigenvalue weighted by molar-refractivity contribution is 6.30. The SMILES string of the molecule is C[C@@H]1CC(=O)[C@@H](N(C)C(=O)[C@H](CCCCN)CC(=O)c2cccc(-c3ccc(Cl)cc3)c2)c2ccc(OCCN)c(c2)-c2cc(ccc2OCCN)C[C@@H](C(=O)CCC#N)NC1=O. The van der Waals surface area contributed by atoms with Gasteiger partial charge in [-0.25, -0.2) is 0 Å². The van der Waals surface area contributed by atoms with Crippen LogP contribution >= 0.6 is 11.6 Å². The molecular weight excluding hydrogens is 820 g/mol. The van der Waals surface area contributed by atoms with E-state index in [1.807, 2.05) is 30.3 Å². The summed E-state index contributed by atoms with van der Waals surface area (Å²) in [6.07, 6.45) is 1.15. The van der Waals surface area contributed by atoms with Crippen molar-refractivity contribution in [3.63, 3.8) is 0 Å². The number of ketones is 3. The Kier molecular flexibility index (Phi) is 18.0. The van der Waals surface area contributed by atoms with E-state index in [-0.39, 0.29) is 70.0 Å². The lowest BCUT2D eigenvalue weighted by molar-refractivity contribution is -0.142. The fraction of sp³-hybridized carbons (Fsp3) is 0.388. The number of nitriles is 1. The first-order valence-corrected chi connectivity index (χ1v) is 21.8. The van der Waals surface area contributed by atoms with Crippen LogP contribution in [0.2, 0.25) is 5.02 Å². The number of carbonyl (C=O) groups is 5. The maximum absolute atomic E-state index is 14.9. The summed E-state index contributed by atoms with van der Waals surface area (Å²) in [6, 6.07) is 24.9. The molecule has 63 heavy (non-hydrogen) atoms. The Labute approximate surface area is 374 Å². The zero-order valence-corrected chi connectivity index (χ0v) is 36.7. The molecule has 14 heteroatoms. The molecule has 7 N–H and O–H groups in total. The Hall–Kier alpha value is -5.91. The van der Waals surface area contributed by atoms with Gasteiger partial charge in [-0.2, -0.15) is 5.26 Å². The van der Waals surface area contributed by atoms with Crippen LogP contribution in [0.3, 0.4) is 0 Å². The normalized spacial score (nSPS) is 16.8. The van der Waals surface area contributed by atoms with Gasteiger partial charge in [0.2, 0.25) is 11.8 Å². The van der Waals surface area contributed by atoms with Crippen LogP contribution in [0.25, 0.3) is 22.3 Å². The van der Waals surface area contributed by atoms with Crippen molar-refractivity contribution >= 4 is 40.8 Å². The molecule has 0 aromatic heterocycles. The molecule has 4 aromatic carbocycles. The lowest BCUT2D eigenvalue weighted by Crippen LogP contribution is -2.45. The number of carbonyl (C=O) groups excluding carboxylic acids is 5. The number of hydrogen-bond donors (Lipinski definition) is 4. The van der Waals surface area contributed by atoms with Crippen LogP contribution in [-0.4, -0.2) is 80.0 Å². The molecule has 0 spiro atoms. The molecule has 0 aliphatic carbocycles. The van der Waals surface area contributed by atoms with Crippen LogP contribution < -0.4 is 32.0 Å². The van der Waals surface area contributed by atoms with Crippen molar-refractivity contribution in [1.29, 1.82) is 5.26 Å². The summed E-state index contributed by atoms with van der Waals surface area (Å²) in [5.41, 5.74) is 21.9. The number of rotatable bonds is 19. The molecule has 0 radical (unpaired) electrons. The minimum atomic E-state index is -1.21. The third-order valence-corrected chi connectivity index (χ3v) is 11.4. The summed E-state index contributed by atoms with van der Waals surface area (Å²) >= 11 is 6.12. The van der Waals surface area contributed by atoms with Gasteiger partial charge in [0.1, 0.15) is 30.8 Å². The molecule has 4 aromatic rings. The second kappa shape index (κ2) is 23.5. The van der Waals surface area contributed by atoms with E-state index in [2.05, 4.69) is 5.32 Å². The molecule has 0 unspecified atom stereocenters. The third-order valence-electron chi connectivity index (χ3n) is 11.2. The number of nitrogens with two attached hydrogens (primary N) is 3. The highest BCUT2D eigenvalue weighted by atomic mass is 35.5.